The first-order valence-electron chi connectivity index (χ1n) is 9.58. The molecule has 0 atom stereocenters. The zero-order chi connectivity index (χ0) is 22.8. The molecule has 10 heteroatoms. The van der Waals surface area contributed by atoms with E-state index in [4.69, 9.17) is 16.9 Å². The van der Waals surface area contributed by atoms with Crippen molar-refractivity contribution in [2.75, 3.05) is 0 Å². The molecule has 0 spiro atoms. The van der Waals surface area contributed by atoms with Crippen LogP contribution in [0.25, 0.3) is 11.3 Å². The summed E-state index contributed by atoms with van der Waals surface area (Å²) >= 11 is 5.82. The van der Waals surface area contributed by atoms with Crippen molar-refractivity contribution in [1.29, 1.82) is 5.26 Å². The van der Waals surface area contributed by atoms with Crippen LogP contribution in [-0.4, -0.2) is 21.5 Å². The zero-order valence-electron chi connectivity index (χ0n) is 16.3. The van der Waals surface area contributed by atoms with Gasteiger partial charge in [0.05, 0.1) is 18.0 Å². The molecule has 1 fully saturated rings. The predicted molar refractivity (Wildman–Crippen MR) is 105 cm³/mol. The highest BCUT2D eigenvalue weighted by Gasteiger charge is 2.44. The summed E-state index contributed by atoms with van der Waals surface area (Å²) in [5.41, 5.74) is -1.98. The van der Waals surface area contributed by atoms with Crippen LogP contribution < -0.4 is 5.56 Å². The van der Waals surface area contributed by atoms with Crippen LogP contribution in [-0.2, 0) is 17.8 Å². The number of rotatable bonds is 8. The van der Waals surface area contributed by atoms with E-state index in [1.54, 1.807) is 0 Å². The van der Waals surface area contributed by atoms with Crippen molar-refractivity contribution >= 4 is 17.4 Å². The number of aryl methyl sites for hydroxylation is 1. The van der Waals surface area contributed by atoms with E-state index in [0.717, 1.165) is 4.57 Å². The number of Topliss-reactive ketones (excluding diaryl/α,β-unsaturated/α-hetero) is 1. The number of hydrogen-bond acceptors (Lipinski definition) is 4. The summed E-state index contributed by atoms with van der Waals surface area (Å²) in [7, 11) is 0. The molecule has 1 saturated carbocycles. The molecule has 1 heterocycles. The average Bonchev–Trinajstić information content (AvgIpc) is 3.47. The number of halogens is 5. The third-order valence-electron chi connectivity index (χ3n) is 5.13. The molecule has 164 valence electrons. The molecule has 0 unspecified atom stereocenters. The van der Waals surface area contributed by atoms with Gasteiger partial charge in [-0.25, -0.2) is 4.98 Å². The third-order valence-corrected chi connectivity index (χ3v) is 5.38. The predicted octanol–water partition coefficient (Wildman–Crippen LogP) is 4.85. The first-order chi connectivity index (χ1) is 14.5. The Labute approximate surface area is 180 Å². The van der Waals surface area contributed by atoms with Gasteiger partial charge in [0.2, 0.25) is 5.82 Å². The van der Waals surface area contributed by atoms with E-state index in [-0.39, 0.29) is 36.3 Å². The second-order valence-corrected chi connectivity index (χ2v) is 8.10. The number of carbonyl (C=O) groups is 1. The van der Waals surface area contributed by atoms with Gasteiger partial charge in [0.15, 0.2) is 5.78 Å². The van der Waals surface area contributed by atoms with Crippen molar-refractivity contribution < 1.29 is 22.4 Å². The van der Waals surface area contributed by atoms with Gasteiger partial charge < -0.3 is 0 Å². The molecule has 0 radical (unpaired) electrons. The summed E-state index contributed by atoms with van der Waals surface area (Å²) in [6.07, 6.45) is -5.13. The van der Waals surface area contributed by atoms with E-state index >= 15 is 0 Å². The monoisotopic (exact) mass is 455 g/mol. The molecule has 2 aromatic rings. The largest absolute Gasteiger partial charge is 0.389 e. The summed E-state index contributed by atoms with van der Waals surface area (Å²) in [5.74, 6) is -1.80. The Morgan fingerprint density at radius 2 is 1.90 bits per heavy atom. The minimum absolute atomic E-state index is 0.0987. The number of benzene rings is 1. The van der Waals surface area contributed by atoms with E-state index in [1.165, 1.54) is 24.3 Å². The van der Waals surface area contributed by atoms with Gasteiger partial charge in [-0.15, -0.1) is 0 Å². The fourth-order valence-electron chi connectivity index (χ4n) is 3.26. The van der Waals surface area contributed by atoms with Crippen molar-refractivity contribution in [2.24, 2.45) is 5.41 Å². The Hall–Kier alpha value is -2.73. The molecule has 0 aliphatic heterocycles. The highest BCUT2D eigenvalue weighted by molar-refractivity contribution is 6.30. The van der Waals surface area contributed by atoms with Crippen LogP contribution in [0.2, 0.25) is 5.02 Å². The van der Waals surface area contributed by atoms with Gasteiger partial charge in [0.25, 0.3) is 5.56 Å². The lowest BCUT2D eigenvalue weighted by molar-refractivity contribution is -0.135. The molecule has 1 aliphatic rings. The lowest BCUT2D eigenvalue weighted by atomic mass is 10.0. The van der Waals surface area contributed by atoms with Crippen LogP contribution >= 0.6 is 11.6 Å². The molecule has 0 N–H and O–H groups in total. The summed E-state index contributed by atoms with van der Waals surface area (Å²) in [5, 5.41) is 9.52. The van der Waals surface area contributed by atoms with Crippen molar-refractivity contribution in [2.45, 2.75) is 51.2 Å². The van der Waals surface area contributed by atoms with Crippen LogP contribution in [0.5, 0.6) is 0 Å². The van der Waals surface area contributed by atoms with E-state index in [0.29, 0.717) is 17.9 Å². The van der Waals surface area contributed by atoms with E-state index < -0.39 is 41.7 Å². The number of ketones is 1. The van der Waals surface area contributed by atoms with Gasteiger partial charge in [-0.05, 0) is 31.4 Å². The van der Waals surface area contributed by atoms with Crippen LogP contribution in [0.4, 0.5) is 17.6 Å². The molecule has 0 saturated heterocycles. The highest BCUT2D eigenvalue weighted by Crippen LogP contribution is 2.48. The molecule has 0 amide bonds. The lowest BCUT2D eigenvalue weighted by Crippen LogP contribution is -2.32. The minimum Gasteiger partial charge on any atom is -0.298 e. The lowest BCUT2D eigenvalue weighted by Gasteiger charge is -2.15. The van der Waals surface area contributed by atoms with Crippen LogP contribution in [0.3, 0.4) is 0 Å². The van der Waals surface area contributed by atoms with Crippen LogP contribution in [0, 0.1) is 22.6 Å². The van der Waals surface area contributed by atoms with Crippen molar-refractivity contribution in [3.05, 3.63) is 51.3 Å². The number of hydrogen-bond donors (Lipinski definition) is 0. The first kappa shape index (κ1) is 22.9. The molecule has 1 aromatic heterocycles. The molecule has 5 nitrogen and oxygen atoms in total. The van der Waals surface area contributed by atoms with Gasteiger partial charge in [-0.3, -0.25) is 14.2 Å². The molecule has 0 bridgehead atoms. The van der Waals surface area contributed by atoms with Crippen molar-refractivity contribution in [3.63, 3.8) is 0 Å². The number of aromatic nitrogens is 2. The molecule has 1 aliphatic carbocycles. The topological polar surface area (TPSA) is 75.8 Å². The Morgan fingerprint density at radius 1 is 1.26 bits per heavy atom. The van der Waals surface area contributed by atoms with E-state index in [1.807, 2.05) is 0 Å². The minimum atomic E-state index is -4.40. The average molecular weight is 456 g/mol. The number of nitriles is 1. The number of carbonyl (C=O) groups excluding carboxylic acids is 1. The smallest absolute Gasteiger partial charge is 0.298 e. The standard InChI is InChI=1S/C21H18ClF4N3O2/c22-14-5-3-13(4-6-14)18-17(23)19(31)29(11-15(30)10-20(12-27)8-9-20)16(28-18)2-1-7-21(24,25)26/h3-6H,1-2,7-11H2. The van der Waals surface area contributed by atoms with Crippen molar-refractivity contribution in [1.82, 2.24) is 9.55 Å². The van der Waals surface area contributed by atoms with Gasteiger partial charge in [0.1, 0.15) is 11.5 Å². The fraction of sp³-hybridized carbons (Fsp3) is 0.429. The third kappa shape index (κ3) is 5.70. The second-order valence-electron chi connectivity index (χ2n) is 7.67. The van der Waals surface area contributed by atoms with Crippen LogP contribution in [0.1, 0.15) is 37.9 Å². The Balaban J connectivity index is 1.96. The molecular formula is C21H18ClF4N3O2. The summed E-state index contributed by atoms with van der Waals surface area (Å²) in [6.45, 7) is -0.547. The summed E-state index contributed by atoms with van der Waals surface area (Å²) < 4.78 is 53.4. The fourth-order valence-corrected chi connectivity index (χ4v) is 3.39. The SMILES string of the molecule is N#CC1(CC(=O)Cn2c(CCCC(F)(F)F)nc(-c3ccc(Cl)cc3)c(F)c2=O)CC1. The Bertz CT molecular complexity index is 1080. The van der Waals surface area contributed by atoms with Gasteiger partial charge in [-0.2, -0.15) is 22.8 Å². The number of nitrogens with zero attached hydrogens (tertiary/aromatic N) is 3. The second kappa shape index (κ2) is 8.79. The highest BCUT2D eigenvalue weighted by atomic mass is 35.5. The maximum absolute atomic E-state index is 14.8. The molecule has 1 aromatic carbocycles. The van der Waals surface area contributed by atoms with Gasteiger partial charge in [-0.1, -0.05) is 23.7 Å². The Morgan fingerprint density at radius 3 is 2.45 bits per heavy atom. The van der Waals surface area contributed by atoms with Crippen molar-refractivity contribution in [3.8, 4) is 17.3 Å². The molecular weight excluding hydrogens is 438 g/mol. The summed E-state index contributed by atoms with van der Waals surface area (Å²) in [6, 6.07) is 7.87. The Kier molecular flexibility index (Phi) is 6.51. The zero-order valence-corrected chi connectivity index (χ0v) is 17.1. The van der Waals surface area contributed by atoms with E-state index in [2.05, 4.69) is 11.1 Å². The maximum Gasteiger partial charge on any atom is 0.389 e. The maximum atomic E-state index is 14.8. The molecule has 3 rings (SSSR count). The van der Waals surface area contributed by atoms with Gasteiger partial charge >= 0.3 is 6.18 Å². The number of alkyl halides is 3. The van der Waals surface area contributed by atoms with Crippen LogP contribution in [0.15, 0.2) is 29.1 Å². The summed E-state index contributed by atoms with van der Waals surface area (Å²) in [4.78, 5) is 29.2. The first-order valence-corrected chi connectivity index (χ1v) is 9.96. The quantitative estimate of drug-likeness (QED) is 0.533. The van der Waals surface area contributed by atoms with E-state index in [9.17, 15) is 27.2 Å². The van der Waals surface area contributed by atoms with Gasteiger partial charge in [0, 0.05) is 29.8 Å². The normalized spacial score (nSPS) is 14.8. The molecule has 31 heavy (non-hydrogen) atoms.